The van der Waals surface area contributed by atoms with Gasteiger partial charge in [0.25, 0.3) is 0 Å². The molecule has 1 aliphatic heterocycles. The van der Waals surface area contributed by atoms with Crippen molar-refractivity contribution in [1.29, 1.82) is 0 Å². The Hall–Kier alpha value is -1.50. The fraction of sp³-hybridized carbons (Fsp3) is 0.429. The first-order valence-corrected chi connectivity index (χ1v) is 9.06. The van der Waals surface area contributed by atoms with Gasteiger partial charge in [0.05, 0.1) is 31.5 Å². The lowest BCUT2D eigenvalue weighted by Crippen LogP contribution is -2.43. The van der Waals surface area contributed by atoms with Crippen LogP contribution in [0.4, 0.5) is 4.39 Å². The summed E-state index contributed by atoms with van der Waals surface area (Å²) in [5, 5.41) is 10.3. The van der Waals surface area contributed by atoms with E-state index in [4.69, 9.17) is 9.47 Å². The number of hydrogen-bond acceptors (Lipinski definition) is 4. The molecule has 1 heterocycles. The molecule has 3 unspecified atom stereocenters. The number of β-amino-alcohol motifs (C(OH)–C–C–N with tert-alkyl or cyclic N) is 1. The Morgan fingerprint density at radius 1 is 1.22 bits per heavy atom. The molecule has 0 aromatic heterocycles. The summed E-state index contributed by atoms with van der Waals surface area (Å²) in [7, 11) is 0. The number of morpholine rings is 1. The first kappa shape index (κ1) is 21.8. The second kappa shape index (κ2) is 10.7. The van der Waals surface area contributed by atoms with Gasteiger partial charge in [0.1, 0.15) is 5.82 Å². The molecule has 0 bridgehead atoms. The molecule has 1 aliphatic rings. The van der Waals surface area contributed by atoms with Crippen LogP contribution < -0.4 is 0 Å². The van der Waals surface area contributed by atoms with E-state index < -0.39 is 6.10 Å². The van der Waals surface area contributed by atoms with Crippen molar-refractivity contribution in [3.05, 3.63) is 71.5 Å². The van der Waals surface area contributed by atoms with Crippen LogP contribution in [0.1, 0.15) is 30.3 Å². The quantitative estimate of drug-likeness (QED) is 0.775. The van der Waals surface area contributed by atoms with Crippen LogP contribution in [-0.4, -0.2) is 49.0 Å². The molecule has 0 spiro atoms. The standard InChI is InChI=1S/C21H26FNO3.ClH/c1-16(17-6-3-2-4-7-17)26-15-20(24)13-23-10-11-25-21(14-23)18-8-5-9-19(22)12-18;/h2-9,12,16,20-21,24H,10-11,13-15H2,1H3;1H. The van der Waals surface area contributed by atoms with E-state index >= 15 is 0 Å². The van der Waals surface area contributed by atoms with Gasteiger partial charge in [0.2, 0.25) is 0 Å². The van der Waals surface area contributed by atoms with Crippen molar-refractivity contribution in [2.24, 2.45) is 0 Å². The molecule has 0 saturated carbocycles. The highest BCUT2D eigenvalue weighted by atomic mass is 35.5. The van der Waals surface area contributed by atoms with E-state index in [1.54, 1.807) is 6.07 Å². The third kappa shape index (κ3) is 6.55. The van der Waals surface area contributed by atoms with Gasteiger partial charge in [-0.15, -0.1) is 12.4 Å². The second-order valence-electron chi connectivity index (χ2n) is 6.71. The topological polar surface area (TPSA) is 41.9 Å². The third-order valence-electron chi connectivity index (χ3n) is 4.65. The molecule has 1 N–H and O–H groups in total. The number of aliphatic hydroxyl groups excluding tert-OH is 1. The summed E-state index contributed by atoms with van der Waals surface area (Å²) in [6.45, 7) is 4.71. The normalized spacial score (nSPS) is 19.9. The van der Waals surface area contributed by atoms with Crippen LogP contribution in [0.25, 0.3) is 0 Å². The summed E-state index contributed by atoms with van der Waals surface area (Å²) in [6.07, 6.45) is -0.807. The van der Waals surface area contributed by atoms with Crippen LogP contribution in [0.15, 0.2) is 54.6 Å². The van der Waals surface area contributed by atoms with Crippen molar-refractivity contribution in [3.63, 3.8) is 0 Å². The molecule has 27 heavy (non-hydrogen) atoms. The Kier molecular flexibility index (Phi) is 8.67. The Labute approximate surface area is 166 Å². The lowest BCUT2D eigenvalue weighted by Gasteiger charge is -2.34. The van der Waals surface area contributed by atoms with Crippen LogP contribution in [0.2, 0.25) is 0 Å². The summed E-state index contributed by atoms with van der Waals surface area (Å²) in [5.41, 5.74) is 1.93. The Balaban J connectivity index is 0.00000261. The number of rotatable bonds is 7. The van der Waals surface area contributed by atoms with Gasteiger partial charge < -0.3 is 14.6 Å². The number of benzene rings is 2. The number of halogens is 2. The maximum atomic E-state index is 13.4. The SMILES string of the molecule is CC(OCC(O)CN1CCOC(c2cccc(F)c2)C1)c1ccccc1.Cl. The number of nitrogens with zero attached hydrogens (tertiary/aromatic N) is 1. The average Bonchev–Trinajstić information content (AvgIpc) is 2.67. The highest BCUT2D eigenvalue weighted by Gasteiger charge is 2.24. The highest BCUT2D eigenvalue weighted by molar-refractivity contribution is 5.85. The zero-order valence-electron chi connectivity index (χ0n) is 15.5. The number of aliphatic hydroxyl groups is 1. The molecule has 3 rings (SSSR count). The Bertz CT molecular complexity index is 688. The molecular weight excluding hydrogens is 369 g/mol. The lowest BCUT2D eigenvalue weighted by atomic mass is 10.1. The predicted molar refractivity (Wildman–Crippen MR) is 106 cm³/mol. The summed E-state index contributed by atoms with van der Waals surface area (Å²) in [4.78, 5) is 2.14. The van der Waals surface area contributed by atoms with Crippen LogP contribution in [0.5, 0.6) is 0 Å². The molecule has 6 heteroatoms. The molecule has 4 nitrogen and oxygen atoms in total. The zero-order valence-corrected chi connectivity index (χ0v) is 16.3. The van der Waals surface area contributed by atoms with Crippen LogP contribution >= 0.6 is 12.4 Å². The fourth-order valence-electron chi connectivity index (χ4n) is 3.20. The first-order chi connectivity index (χ1) is 12.6. The Morgan fingerprint density at radius 2 is 2.00 bits per heavy atom. The molecule has 0 aliphatic carbocycles. The van der Waals surface area contributed by atoms with Crippen molar-refractivity contribution >= 4 is 12.4 Å². The number of hydrogen-bond donors (Lipinski definition) is 1. The van der Waals surface area contributed by atoms with E-state index in [9.17, 15) is 9.50 Å². The minimum absolute atomic E-state index is 0. The van der Waals surface area contributed by atoms with Gasteiger partial charge in [-0.25, -0.2) is 4.39 Å². The summed E-state index contributed by atoms with van der Waals surface area (Å²) in [6, 6.07) is 16.5. The minimum Gasteiger partial charge on any atom is -0.389 e. The third-order valence-corrected chi connectivity index (χ3v) is 4.65. The van der Waals surface area contributed by atoms with Crippen LogP contribution in [-0.2, 0) is 9.47 Å². The van der Waals surface area contributed by atoms with Crippen molar-refractivity contribution in [2.45, 2.75) is 25.2 Å². The minimum atomic E-state index is -0.576. The van der Waals surface area contributed by atoms with E-state index in [-0.39, 0.29) is 37.0 Å². The maximum Gasteiger partial charge on any atom is 0.123 e. The van der Waals surface area contributed by atoms with Gasteiger partial charge in [-0.3, -0.25) is 4.90 Å². The highest BCUT2D eigenvalue weighted by Crippen LogP contribution is 2.23. The van der Waals surface area contributed by atoms with Crippen molar-refractivity contribution in [3.8, 4) is 0 Å². The van der Waals surface area contributed by atoms with Crippen LogP contribution in [0, 0.1) is 5.82 Å². The lowest BCUT2D eigenvalue weighted by molar-refractivity contribution is -0.0594. The van der Waals surface area contributed by atoms with Crippen molar-refractivity contribution in [1.82, 2.24) is 4.90 Å². The predicted octanol–water partition coefficient (Wildman–Crippen LogP) is 3.76. The van der Waals surface area contributed by atoms with E-state index in [0.29, 0.717) is 19.7 Å². The van der Waals surface area contributed by atoms with Crippen molar-refractivity contribution in [2.75, 3.05) is 32.8 Å². The molecule has 0 amide bonds. The van der Waals surface area contributed by atoms with Gasteiger partial charge in [0, 0.05) is 19.6 Å². The zero-order chi connectivity index (χ0) is 18.4. The smallest absolute Gasteiger partial charge is 0.123 e. The summed E-state index contributed by atoms with van der Waals surface area (Å²) >= 11 is 0. The molecule has 2 aromatic carbocycles. The van der Waals surface area contributed by atoms with Gasteiger partial charge >= 0.3 is 0 Å². The largest absolute Gasteiger partial charge is 0.389 e. The molecule has 3 atom stereocenters. The van der Waals surface area contributed by atoms with Crippen LogP contribution in [0.3, 0.4) is 0 Å². The van der Waals surface area contributed by atoms with Gasteiger partial charge in [-0.05, 0) is 30.2 Å². The molecular formula is C21H27ClFNO3. The summed E-state index contributed by atoms with van der Waals surface area (Å²) < 4.78 is 25.0. The monoisotopic (exact) mass is 395 g/mol. The van der Waals surface area contributed by atoms with E-state index in [1.165, 1.54) is 12.1 Å². The molecule has 2 aromatic rings. The Morgan fingerprint density at radius 3 is 2.74 bits per heavy atom. The van der Waals surface area contributed by atoms with Gasteiger partial charge in [-0.1, -0.05) is 42.5 Å². The molecule has 1 fully saturated rings. The molecule has 148 valence electrons. The van der Waals surface area contributed by atoms with Crippen molar-refractivity contribution < 1.29 is 19.0 Å². The van der Waals surface area contributed by atoms with Gasteiger partial charge in [0.15, 0.2) is 0 Å². The second-order valence-corrected chi connectivity index (χ2v) is 6.71. The average molecular weight is 396 g/mol. The number of ether oxygens (including phenoxy) is 2. The maximum absolute atomic E-state index is 13.4. The fourth-order valence-corrected chi connectivity index (χ4v) is 3.20. The van der Waals surface area contributed by atoms with E-state index in [1.807, 2.05) is 43.3 Å². The first-order valence-electron chi connectivity index (χ1n) is 9.06. The van der Waals surface area contributed by atoms with E-state index in [0.717, 1.165) is 17.7 Å². The summed E-state index contributed by atoms with van der Waals surface area (Å²) in [5.74, 6) is -0.258. The molecule has 1 saturated heterocycles. The van der Waals surface area contributed by atoms with E-state index in [2.05, 4.69) is 4.90 Å². The van der Waals surface area contributed by atoms with Gasteiger partial charge in [-0.2, -0.15) is 0 Å². The molecule has 0 radical (unpaired) electrons.